The average molecular weight is 268 g/mol. The predicted molar refractivity (Wildman–Crippen MR) is 72.4 cm³/mol. The predicted octanol–water partition coefficient (Wildman–Crippen LogP) is 2.14. The van der Waals surface area contributed by atoms with E-state index >= 15 is 0 Å². The lowest BCUT2D eigenvalue weighted by molar-refractivity contribution is -0.122. The quantitative estimate of drug-likeness (QED) is 0.830. The highest BCUT2D eigenvalue weighted by Gasteiger charge is 2.10. The van der Waals surface area contributed by atoms with Crippen molar-refractivity contribution in [2.45, 2.75) is 39.3 Å². The van der Waals surface area contributed by atoms with Crippen LogP contribution in [0, 0.1) is 5.82 Å². The molecule has 1 aromatic carbocycles. The molecule has 1 atom stereocenters. The van der Waals surface area contributed by atoms with Crippen molar-refractivity contribution in [3.05, 3.63) is 29.6 Å². The summed E-state index contributed by atoms with van der Waals surface area (Å²) in [6.45, 7) is 5.79. The van der Waals surface area contributed by atoms with Crippen LogP contribution < -0.4 is 15.8 Å². The largest absolute Gasteiger partial charge is 0.493 e. The third-order valence-electron chi connectivity index (χ3n) is 2.50. The smallest absolute Gasteiger partial charge is 0.223 e. The minimum atomic E-state index is -0.350. The molecule has 1 unspecified atom stereocenters. The van der Waals surface area contributed by atoms with Crippen LogP contribution in [-0.2, 0) is 4.79 Å². The maximum atomic E-state index is 13.1. The number of hydrogen-bond donors (Lipinski definition) is 2. The summed E-state index contributed by atoms with van der Waals surface area (Å²) < 4.78 is 18.6. The second kappa shape index (κ2) is 7.09. The Balaban J connectivity index is 2.56. The zero-order valence-corrected chi connectivity index (χ0v) is 11.6. The van der Waals surface area contributed by atoms with E-state index in [4.69, 9.17) is 10.5 Å². The maximum absolute atomic E-state index is 13.1. The van der Waals surface area contributed by atoms with E-state index in [1.54, 1.807) is 6.92 Å². The van der Waals surface area contributed by atoms with Gasteiger partial charge in [0.2, 0.25) is 5.91 Å². The van der Waals surface area contributed by atoms with E-state index in [0.717, 1.165) is 0 Å². The Morgan fingerprint density at radius 3 is 2.68 bits per heavy atom. The maximum Gasteiger partial charge on any atom is 0.223 e. The Morgan fingerprint density at radius 1 is 1.42 bits per heavy atom. The summed E-state index contributed by atoms with van der Waals surface area (Å²) in [5.74, 6) is 0.102. The molecule has 5 heteroatoms. The van der Waals surface area contributed by atoms with Gasteiger partial charge in [0.05, 0.1) is 13.0 Å². The lowest BCUT2D eigenvalue weighted by Gasteiger charge is -2.14. The summed E-state index contributed by atoms with van der Waals surface area (Å²) >= 11 is 0. The fourth-order valence-electron chi connectivity index (χ4n) is 1.65. The topological polar surface area (TPSA) is 64.3 Å². The van der Waals surface area contributed by atoms with Gasteiger partial charge >= 0.3 is 0 Å². The molecule has 0 fully saturated rings. The summed E-state index contributed by atoms with van der Waals surface area (Å²) in [7, 11) is 0. The van der Waals surface area contributed by atoms with Crippen molar-refractivity contribution in [2.75, 3.05) is 6.61 Å². The monoisotopic (exact) mass is 268 g/mol. The van der Waals surface area contributed by atoms with Crippen LogP contribution in [-0.4, -0.2) is 18.6 Å². The lowest BCUT2D eigenvalue weighted by atomic mass is 10.1. The molecule has 0 aliphatic carbocycles. The zero-order chi connectivity index (χ0) is 14.4. The molecule has 19 heavy (non-hydrogen) atoms. The van der Waals surface area contributed by atoms with Crippen LogP contribution in [0.4, 0.5) is 4.39 Å². The Labute approximate surface area is 113 Å². The third kappa shape index (κ3) is 5.26. The fraction of sp³-hybridized carbons (Fsp3) is 0.500. The highest BCUT2D eigenvalue weighted by atomic mass is 19.1. The number of ether oxygens (including phenoxy) is 1. The minimum absolute atomic E-state index is 0.0699. The summed E-state index contributed by atoms with van der Waals surface area (Å²) in [6.07, 6.45) is 0.258. The number of benzene rings is 1. The molecule has 0 radical (unpaired) electrons. The lowest BCUT2D eigenvalue weighted by Crippen LogP contribution is -2.31. The highest BCUT2D eigenvalue weighted by Crippen LogP contribution is 2.24. The van der Waals surface area contributed by atoms with Crippen molar-refractivity contribution < 1.29 is 13.9 Å². The van der Waals surface area contributed by atoms with Gasteiger partial charge in [-0.05, 0) is 39.0 Å². The van der Waals surface area contributed by atoms with Gasteiger partial charge in [-0.15, -0.1) is 0 Å². The van der Waals surface area contributed by atoms with Crippen molar-refractivity contribution >= 4 is 5.91 Å². The number of carbonyl (C=O) groups is 1. The number of nitrogens with two attached hydrogens (primary N) is 1. The second-order valence-electron chi connectivity index (χ2n) is 4.79. The Bertz CT molecular complexity index is 433. The molecule has 0 saturated heterocycles. The highest BCUT2D eigenvalue weighted by molar-refractivity contribution is 5.76. The molecule has 0 aliphatic heterocycles. The van der Waals surface area contributed by atoms with Crippen LogP contribution in [0.2, 0.25) is 0 Å². The molecule has 0 saturated carbocycles. The van der Waals surface area contributed by atoms with Crippen LogP contribution in [0.15, 0.2) is 18.2 Å². The number of carbonyl (C=O) groups excluding carboxylic acids is 1. The first kappa shape index (κ1) is 15.4. The van der Waals surface area contributed by atoms with Crippen LogP contribution >= 0.6 is 0 Å². The van der Waals surface area contributed by atoms with Gasteiger partial charge in [-0.3, -0.25) is 4.79 Å². The first-order valence-electron chi connectivity index (χ1n) is 6.37. The molecule has 0 spiro atoms. The number of amides is 1. The van der Waals surface area contributed by atoms with Gasteiger partial charge in [-0.1, -0.05) is 0 Å². The van der Waals surface area contributed by atoms with Crippen molar-refractivity contribution in [1.82, 2.24) is 5.32 Å². The van der Waals surface area contributed by atoms with Gasteiger partial charge in [-0.25, -0.2) is 4.39 Å². The molecule has 0 heterocycles. The molecule has 0 bridgehead atoms. The number of hydrogen-bond acceptors (Lipinski definition) is 3. The van der Waals surface area contributed by atoms with Gasteiger partial charge in [0, 0.05) is 17.6 Å². The Kier molecular flexibility index (Phi) is 5.76. The second-order valence-corrected chi connectivity index (χ2v) is 4.79. The fourth-order valence-corrected chi connectivity index (χ4v) is 1.65. The van der Waals surface area contributed by atoms with Gasteiger partial charge in [0.25, 0.3) is 0 Å². The number of halogens is 1. The average Bonchev–Trinajstić information content (AvgIpc) is 2.29. The van der Waals surface area contributed by atoms with E-state index in [0.29, 0.717) is 11.3 Å². The standard InChI is InChI=1S/C14H21FN2O2/c1-9(2)17-14(18)6-7-19-13-5-4-11(15)8-12(13)10(3)16/h4-5,8-10H,6-7,16H2,1-3H3,(H,17,18). The first-order valence-corrected chi connectivity index (χ1v) is 6.37. The minimum Gasteiger partial charge on any atom is -0.493 e. The molecule has 0 aliphatic rings. The van der Waals surface area contributed by atoms with Crippen molar-refractivity contribution in [2.24, 2.45) is 5.73 Å². The van der Waals surface area contributed by atoms with Gasteiger partial charge in [0.15, 0.2) is 0 Å². The molecule has 0 aromatic heterocycles. The van der Waals surface area contributed by atoms with Crippen molar-refractivity contribution in [3.8, 4) is 5.75 Å². The number of rotatable bonds is 6. The van der Waals surface area contributed by atoms with Gasteiger partial charge in [-0.2, -0.15) is 0 Å². The van der Waals surface area contributed by atoms with E-state index in [1.165, 1.54) is 18.2 Å². The number of nitrogens with one attached hydrogen (secondary N) is 1. The van der Waals surface area contributed by atoms with Crippen LogP contribution in [0.25, 0.3) is 0 Å². The third-order valence-corrected chi connectivity index (χ3v) is 2.50. The molecule has 1 amide bonds. The van der Waals surface area contributed by atoms with E-state index < -0.39 is 0 Å². The van der Waals surface area contributed by atoms with Crippen LogP contribution in [0.3, 0.4) is 0 Å². The molecule has 106 valence electrons. The SMILES string of the molecule is CC(C)NC(=O)CCOc1ccc(F)cc1C(C)N. The Morgan fingerprint density at radius 2 is 2.11 bits per heavy atom. The van der Waals surface area contributed by atoms with Gasteiger partial charge < -0.3 is 15.8 Å². The first-order chi connectivity index (χ1) is 8.90. The summed E-state index contributed by atoms with van der Waals surface area (Å²) in [5.41, 5.74) is 6.36. The van der Waals surface area contributed by atoms with E-state index in [2.05, 4.69) is 5.32 Å². The summed E-state index contributed by atoms with van der Waals surface area (Å²) in [5, 5.41) is 2.77. The molecule has 1 rings (SSSR count). The van der Waals surface area contributed by atoms with E-state index in [-0.39, 0.29) is 36.8 Å². The van der Waals surface area contributed by atoms with E-state index in [9.17, 15) is 9.18 Å². The van der Waals surface area contributed by atoms with Crippen LogP contribution in [0.5, 0.6) is 5.75 Å². The van der Waals surface area contributed by atoms with E-state index in [1.807, 2.05) is 13.8 Å². The van der Waals surface area contributed by atoms with Crippen molar-refractivity contribution in [1.29, 1.82) is 0 Å². The summed E-state index contributed by atoms with van der Waals surface area (Å²) in [6, 6.07) is 3.99. The molecule has 4 nitrogen and oxygen atoms in total. The molecular weight excluding hydrogens is 247 g/mol. The zero-order valence-electron chi connectivity index (χ0n) is 11.6. The van der Waals surface area contributed by atoms with Crippen molar-refractivity contribution in [3.63, 3.8) is 0 Å². The molecule has 1 aromatic rings. The Hall–Kier alpha value is -1.62. The normalized spacial score (nSPS) is 12.3. The molecular formula is C14H21FN2O2. The molecule has 3 N–H and O–H groups in total. The van der Waals surface area contributed by atoms with Gasteiger partial charge in [0.1, 0.15) is 11.6 Å². The summed E-state index contributed by atoms with van der Waals surface area (Å²) in [4.78, 5) is 11.4. The van der Waals surface area contributed by atoms with Crippen LogP contribution in [0.1, 0.15) is 38.8 Å².